The molecule has 4 nitrogen and oxygen atoms in total. The van der Waals surface area contributed by atoms with E-state index < -0.39 is 0 Å². The van der Waals surface area contributed by atoms with Crippen molar-refractivity contribution < 1.29 is 4.79 Å². The van der Waals surface area contributed by atoms with Gasteiger partial charge in [0.2, 0.25) is 0 Å². The Bertz CT molecular complexity index is 673. The largest absolute Gasteiger partial charge is 0.370 e. The number of aromatic nitrogens is 1. The summed E-state index contributed by atoms with van der Waals surface area (Å²) < 4.78 is 0. The topological polar surface area (TPSA) is 45.2 Å². The molecule has 1 fully saturated rings. The zero-order chi connectivity index (χ0) is 16.2. The predicted octanol–water partition coefficient (Wildman–Crippen LogP) is 3.88. The van der Waals surface area contributed by atoms with E-state index >= 15 is 0 Å². The molecule has 0 bridgehead atoms. The van der Waals surface area contributed by atoms with Gasteiger partial charge in [-0.1, -0.05) is 19.1 Å². The third-order valence-corrected chi connectivity index (χ3v) is 4.41. The summed E-state index contributed by atoms with van der Waals surface area (Å²) >= 11 is 0. The van der Waals surface area contributed by atoms with Gasteiger partial charge in [0.25, 0.3) is 5.91 Å². The number of aryl methyl sites for hydroxylation is 1. The van der Waals surface area contributed by atoms with Crippen molar-refractivity contribution >= 4 is 17.3 Å². The summed E-state index contributed by atoms with van der Waals surface area (Å²) in [5.74, 6) is 0.632. The third kappa shape index (κ3) is 3.89. The maximum absolute atomic E-state index is 12.3. The number of pyridine rings is 1. The molecule has 0 aliphatic carbocycles. The fourth-order valence-corrected chi connectivity index (χ4v) is 2.89. The molecular weight excluding hydrogens is 286 g/mol. The summed E-state index contributed by atoms with van der Waals surface area (Å²) in [6.07, 6.45) is 4.24. The number of hydrogen-bond acceptors (Lipinski definition) is 3. The average molecular weight is 309 g/mol. The van der Waals surface area contributed by atoms with Crippen molar-refractivity contribution in [3.8, 4) is 0 Å². The number of hydrogen-bond donors (Lipinski definition) is 1. The van der Waals surface area contributed by atoms with Crippen molar-refractivity contribution in [2.45, 2.75) is 26.7 Å². The van der Waals surface area contributed by atoms with Gasteiger partial charge in [0, 0.05) is 18.8 Å². The van der Waals surface area contributed by atoms with Gasteiger partial charge in [0.15, 0.2) is 0 Å². The number of anilines is 2. The summed E-state index contributed by atoms with van der Waals surface area (Å²) in [5.41, 5.74) is 3.46. The average Bonchev–Trinajstić information content (AvgIpc) is 2.56. The first-order valence-corrected chi connectivity index (χ1v) is 8.21. The van der Waals surface area contributed by atoms with E-state index in [-0.39, 0.29) is 5.91 Å². The molecule has 0 atom stereocenters. The lowest BCUT2D eigenvalue weighted by Gasteiger charge is -2.31. The molecule has 0 unspecified atom stereocenters. The molecule has 1 aromatic carbocycles. The van der Waals surface area contributed by atoms with E-state index in [0.29, 0.717) is 5.69 Å². The van der Waals surface area contributed by atoms with Crippen molar-refractivity contribution in [1.82, 2.24) is 4.98 Å². The fourth-order valence-electron chi connectivity index (χ4n) is 2.89. The molecule has 23 heavy (non-hydrogen) atoms. The highest BCUT2D eigenvalue weighted by Crippen LogP contribution is 2.22. The second kappa shape index (κ2) is 6.82. The monoisotopic (exact) mass is 309 g/mol. The molecule has 120 valence electrons. The molecule has 1 amide bonds. The van der Waals surface area contributed by atoms with Crippen LogP contribution in [0.1, 0.15) is 35.8 Å². The van der Waals surface area contributed by atoms with Gasteiger partial charge in [-0.05, 0) is 55.5 Å². The molecular formula is C19H23N3O. The molecule has 0 radical (unpaired) electrons. The molecule has 1 aliphatic rings. The van der Waals surface area contributed by atoms with E-state index in [0.717, 1.165) is 35.9 Å². The van der Waals surface area contributed by atoms with Crippen LogP contribution in [0.25, 0.3) is 0 Å². The van der Waals surface area contributed by atoms with Crippen molar-refractivity contribution in [1.29, 1.82) is 0 Å². The number of nitrogens with one attached hydrogen (secondary N) is 1. The number of rotatable bonds is 3. The van der Waals surface area contributed by atoms with Crippen LogP contribution in [0.5, 0.6) is 0 Å². The van der Waals surface area contributed by atoms with Crippen LogP contribution in [0, 0.1) is 12.8 Å². The Balaban J connectivity index is 1.65. The number of nitrogens with zero attached hydrogens (tertiary/aromatic N) is 2. The molecule has 2 aromatic rings. The summed E-state index contributed by atoms with van der Waals surface area (Å²) in [7, 11) is 0. The minimum Gasteiger partial charge on any atom is -0.370 e. The summed E-state index contributed by atoms with van der Waals surface area (Å²) in [6.45, 7) is 6.44. The molecule has 1 aromatic heterocycles. The van der Waals surface area contributed by atoms with Gasteiger partial charge in [0.05, 0.1) is 11.9 Å². The van der Waals surface area contributed by atoms with E-state index in [1.54, 1.807) is 12.3 Å². The Morgan fingerprint density at radius 1 is 1.22 bits per heavy atom. The van der Waals surface area contributed by atoms with E-state index in [9.17, 15) is 4.79 Å². The van der Waals surface area contributed by atoms with Crippen LogP contribution in [0.4, 0.5) is 11.4 Å². The Kier molecular flexibility index (Phi) is 4.60. The highest BCUT2D eigenvalue weighted by atomic mass is 16.1. The van der Waals surface area contributed by atoms with Gasteiger partial charge in [-0.2, -0.15) is 0 Å². The Hall–Kier alpha value is -2.36. The standard InChI is InChI=1S/C19H23N3O/c1-14-8-10-22(11-9-14)17-6-7-18(20-13-17)19(23)21-16-5-3-4-15(2)12-16/h3-7,12-14H,8-11H2,1-2H3,(H,21,23). The van der Waals surface area contributed by atoms with Gasteiger partial charge in [-0.3, -0.25) is 4.79 Å². The molecule has 1 N–H and O–H groups in total. The van der Waals surface area contributed by atoms with Crippen LogP contribution >= 0.6 is 0 Å². The first-order chi connectivity index (χ1) is 11.1. The summed E-state index contributed by atoms with van der Waals surface area (Å²) in [4.78, 5) is 18.9. The summed E-state index contributed by atoms with van der Waals surface area (Å²) in [5, 5.41) is 2.89. The third-order valence-electron chi connectivity index (χ3n) is 4.41. The number of carbonyl (C=O) groups excluding carboxylic acids is 1. The van der Waals surface area contributed by atoms with Gasteiger partial charge >= 0.3 is 0 Å². The SMILES string of the molecule is Cc1cccc(NC(=O)c2ccc(N3CCC(C)CC3)cn2)c1. The first kappa shape index (κ1) is 15.5. The van der Waals surface area contributed by atoms with Crippen LogP contribution in [0.3, 0.4) is 0 Å². The Morgan fingerprint density at radius 3 is 2.65 bits per heavy atom. The zero-order valence-corrected chi connectivity index (χ0v) is 13.7. The molecule has 1 aliphatic heterocycles. The van der Waals surface area contributed by atoms with Crippen molar-refractivity contribution in [2.75, 3.05) is 23.3 Å². The smallest absolute Gasteiger partial charge is 0.274 e. The first-order valence-electron chi connectivity index (χ1n) is 8.21. The van der Waals surface area contributed by atoms with Gasteiger partial charge in [-0.15, -0.1) is 0 Å². The van der Waals surface area contributed by atoms with Gasteiger partial charge in [0.1, 0.15) is 5.69 Å². The number of carbonyl (C=O) groups is 1. The zero-order valence-electron chi connectivity index (χ0n) is 13.7. The van der Waals surface area contributed by atoms with Crippen molar-refractivity contribution in [3.63, 3.8) is 0 Å². The molecule has 4 heteroatoms. The van der Waals surface area contributed by atoms with Gasteiger partial charge in [-0.25, -0.2) is 4.98 Å². The minimum absolute atomic E-state index is 0.172. The second-order valence-corrected chi connectivity index (χ2v) is 6.39. The molecule has 3 rings (SSSR count). The predicted molar refractivity (Wildman–Crippen MR) is 94.0 cm³/mol. The summed E-state index contributed by atoms with van der Waals surface area (Å²) in [6, 6.07) is 11.6. The Morgan fingerprint density at radius 2 is 2.00 bits per heavy atom. The van der Waals surface area contributed by atoms with E-state index in [4.69, 9.17) is 0 Å². The number of amides is 1. The molecule has 0 spiro atoms. The normalized spacial score (nSPS) is 15.5. The van der Waals surface area contributed by atoms with E-state index in [1.165, 1.54) is 12.8 Å². The van der Waals surface area contributed by atoms with Crippen LogP contribution in [-0.4, -0.2) is 24.0 Å². The van der Waals surface area contributed by atoms with Crippen LogP contribution < -0.4 is 10.2 Å². The minimum atomic E-state index is -0.172. The van der Waals surface area contributed by atoms with Gasteiger partial charge < -0.3 is 10.2 Å². The number of piperidine rings is 1. The van der Waals surface area contributed by atoms with Crippen molar-refractivity contribution in [2.24, 2.45) is 5.92 Å². The van der Waals surface area contributed by atoms with Crippen LogP contribution in [0.15, 0.2) is 42.6 Å². The second-order valence-electron chi connectivity index (χ2n) is 6.39. The Labute approximate surface area is 137 Å². The lowest BCUT2D eigenvalue weighted by Crippen LogP contribution is -2.32. The highest BCUT2D eigenvalue weighted by Gasteiger charge is 2.16. The maximum Gasteiger partial charge on any atom is 0.274 e. The number of benzene rings is 1. The molecule has 2 heterocycles. The highest BCUT2D eigenvalue weighted by molar-refractivity contribution is 6.02. The van der Waals surface area contributed by atoms with E-state index in [1.807, 2.05) is 37.3 Å². The maximum atomic E-state index is 12.3. The molecule has 1 saturated heterocycles. The van der Waals surface area contributed by atoms with Crippen molar-refractivity contribution in [3.05, 3.63) is 53.9 Å². The molecule has 0 saturated carbocycles. The lowest BCUT2D eigenvalue weighted by atomic mass is 9.99. The fraction of sp³-hybridized carbons (Fsp3) is 0.368. The van der Waals surface area contributed by atoms with E-state index in [2.05, 4.69) is 22.1 Å². The van der Waals surface area contributed by atoms with Crippen LogP contribution in [-0.2, 0) is 0 Å². The lowest BCUT2D eigenvalue weighted by molar-refractivity contribution is 0.102. The quantitative estimate of drug-likeness (QED) is 0.936. The van der Waals surface area contributed by atoms with Crippen LogP contribution in [0.2, 0.25) is 0 Å².